The van der Waals surface area contributed by atoms with Crippen molar-refractivity contribution < 1.29 is 9.13 Å². The van der Waals surface area contributed by atoms with Crippen molar-refractivity contribution in [1.29, 1.82) is 0 Å². The molecule has 0 radical (unpaired) electrons. The summed E-state index contributed by atoms with van der Waals surface area (Å²) in [7, 11) is 0. The Bertz CT molecular complexity index is 587. The number of nitrogens with one attached hydrogen (secondary N) is 1. The maximum atomic E-state index is 12.3. The van der Waals surface area contributed by atoms with Crippen LogP contribution in [0.25, 0.3) is 10.8 Å². The maximum absolute atomic E-state index is 12.3. The molecule has 1 aromatic heterocycles. The highest BCUT2D eigenvalue weighted by atomic mass is 19.1. The summed E-state index contributed by atoms with van der Waals surface area (Å²) in [6.45, 7) is 2.56. The van der Waals surface area contributed by atoms with E-state index < -0.39 is 0 Å². The third-order valence-corrected chi connectivity index (χ3v) is 3.71. The van der Waals surface area contributed by atoms with Crippen molar-refractivity contribution in [3.8, 4) is 0 Å². The minimum Gasteiger partial charge on any atom is -0.357 e. The van der Waals surface area contributed by atoms with Crippen molar-refractivity contribution in [2.75, 3.05) is 37.8 Å². The number of rotatable bonds is 5. The second-order valence-electron chi connectivity index (χ2n) is 5.12. The highest BCUT2D eigenvalue weighted by Crippen LogP contribution is 2.26. The Morgan fingerprint density at radius 3 is 3.14 bits per heavy atom. The summed E-state index contributed by atoms with van der Waals surface area (Å²) in [5, 5.41) is 5.62. The van der Waals surface area contributed by atoms with Crippen LogP contribution in [0.3, 0.4) is 0 Å². The lowest BCUT2D eigenvalue weighted by Gasteiger charge is -2.37. The molecule has 0 aliphatic carbocycles. The van der Waals surface area contributed by atoms with E-state index in [1.54, 1.807) is 0 Å². The molecular weight excluding hydrogens is 269 g/mol. The first-order valence-corrected chi connectivity index (χ1v) is 7.39. The lowest BCUT2D eigenvalue weighted by atomic mass is 10.1. The molecule has 1 unspecified atom stereocenters. The predicted octanol–water partition coefficient (Wildman–Crippen LogP) is 2.35. The summed E-state index contributed by atoms with van der Waals surface area (Å²) in [4.78, 5) is 6.73. The minimum atomic E-state index is -0.341. The van der Waals surface area contributed by atoms with Gasteiger partial charge in [-0.1, -0.05) is 24.3 Å². The number of piperazine rings is 1. The molecule has 2 aromatic rings. The molecule has 1 atom stereocenters. The molecule has 1 aliphatic rings. The second-order valence-corrected chi connectivity index (χ2v) is 5.12. The van der Waals surface area contributed by atoms with E-state index in [1.165, 1.54) is 5.39 Å². The number of pyridine rings is 1. The van der Waals surface area contributed by atoms with Crippen LogP contribution in [-0.4, -0.2) is 44.1 Å². The van der Waals surface area contributed by atoms with E-state index in [-0.39, 0.29) is 12.9 Å². The Labute approximate surface area is 123 Å². The van der Waals surface area contributed by atoms with Crippen LogP contribution in [0.4, 0.5) is 10.2 Å². The van der Waals surface area contributed by atoms with Gasteiger partial charge in [-0.2, -0.15) is 0 Å². The van der Waals surface area contributed by atoms with Crippen LogP contribution in [-0.2, 0) is 4.74 Å². The van der Waals surface area contributed by atoms with Gasteiger partial charge < -0.3 is 15.0 Å². The lowest BCUT2D eigenvalue weighted by Crippen LogP contribution is -2.53. The average molecular weight is 289 g/mol. The number of fused-ring (bicyclic) bond motifs is 1. The molecular formula is C16H20FN3O. The number of hydrogen-bond acceptors (Lipinski definition) is 4. The number of aromatic nitrogens is 1. The number of halogens is 1. The number of nitrogens with zero attached hydrogens (tertiary/aromatic N) is 2. The Morgan fingerprint density at radius 1 is 1.33 bits per heavy atom. The number of alkyl halides is 1. The summed E-state index contributed by atoms with van der Waals surface area (Å²) in [6, 6.07) is 10.2. The maximum Gasteiger partial charge on any atom is 0.143 e. The summed E-state index contributed by atoms with van der Waals surface area (Å²) in [5.74, 6) is 0.944. The SMILES string of the molecule is FCCCOC1CNCCN1c1nccc2ccccc12. The molecule has 112 valence electrons. The summed E-state index contributed by atoms with van der Waals surface area (Å²) >= 11 is 0. The van der Waals surface area contributed by atoms with E-state index in [0.29, 0.717) is 13.0 Å². The van der Waals surface area contributed by atoms with Crippen LogP contribution in [0.15, 0.2) is 36.5 Å². The van der Waals surface area contributed by atoms with E-state index in [2.05, 4.69) is 27.3 Å². The molecule has 0 bridgehead atoms. The van der Waals surface area contributed by atoms with Crippen LogP contribution in [0.5, 0.6) is 0 Å². The van der Waals surface area contributed by atoms with Gasteiger partial charge in [0.25, 0.3) is 0 Å². The fourth-order valence-electron chi connectivity index (χ4n) is 2.68. The molecule has 2 heterocycles. The monoisotopic (exact) mass is 289 g/mol. The topological polar surface area (TPSA) is 37.4 Å². The van der Waals surface area contributed by atoms with Gasteiger partial charge in [0, 0.05) is 31.2 Å². The van der Waals surface area contributed by atoms with E-state index in [9.17, 15) is 4.39 Å². The Hall–Kier alpha value is -1.72. The zero-order chi connectivity index (χ0) is 14.5. The zero-order valence-corrected chi connectivity index (χ0v) is 12.0. The predicted molar refractivity (Wildman–Crippen MR) is 82.3 cm³/mol. The fraction of sp³-hybridized carbons (Fsp3) is 0.438. The van der Waals surface area contributed by atoms with Crippen molar-refractivity contribution >= 4 is 16.6 Å². The molecule has 1 aliphatic heterocycles. The van der Waals surface area contributed by atoms with Gasteiger partial charge in [-0.25, -0.2) is 4.98 Å². The molecule has 1 saturated heterocycles. The quantitative estimate of drug-likeness (QED) is 0.857. The molecule has 5 heteroatoms. The first-order chi connectivity index (χ1) is 10.4. The number of benzene rings is 1. The van der Waals surface area contributed by atoms with Crippen molar-refractivity contribution in [3.05, 3.63) is 36.5 Å². The molecule has 0 spiro atoms. The molecule has 0 amide bonds. The first-order valence-electron chi connectivity index (χ1n) is 7.39. The van der Waals surface area contributed by atoms with Crippen molar-refractivity contribution in [2.24, 2.45) is 0 Å². The molecule has 3 rings (SSSR count). The summed E-state index contributed by atoms with van der Waals surface area (Å²) < 4.78 is 18.1. The molecule has 0 saturated carbocycles. The Kier molecular flexibility index (Phi) is 4.62. The lowest BCUT2D eigenvalue weighted by molar-refractivity contribution is 0.0388. The van der Waals surface area contributed by atoms with E-state index >= 15 is 0 Å². The zero-order valence-electron chi connectivity index (χ0n) is 12.0. The number of ether oxygens (including phenoxy) is 1. The van der Waals surface area contributed by atoms with E-state index in [0.717, 1.165) is 30.8 Å². The smallest absolute Gasteiger partial charge is 0.143 e. The van der Waals surface area contributed by atoms with Crippen LogP contribution in [0.2, 0.25) is 0 Å². The van der Waals surface area contributed by atoms with Gasteiger partial charge in [-0.3, -0.25) is 4.39 Å². The molecule has 4 nitrogen and oxygen atoms in total. The summed E-state index contributed by atoms with van der Waals surface area (Å²) in [5.41, 5.74) is 0. The van der Waals surface area contributed by atoms with Gasteiger partial charge in [-0.15, -0.1) is 0 Å². The van der Waals surface area contributed by atoms with Gasteiger partial charge in [-0.05, 0) is 17.9 Å². The molecule has 1 fully saturated rings. The highest BCUT2D eigenvalue weighted by molar-refractivity contribution is 5.92. The fourth-order valence-corrected chi connectivity index (χ4v) is 2.68. The van der Waals surface area contributed by atoms with Gasteiger partial charge in [0.2, 0.25) is 0 Å². The highest BCUT2D eigenvalue weighted by Gasteiger charge is 2.25. The van der Waals surface area contributed by atoms with E-state index in [1.807, 2.05) is 24.4 Å². The number of anilines is 1. The molecule has 1 N–H and O–H groups in total. The third-order valence-electron chi connectivity index (χ3n) is 3.71. The van der Waals surface area contributed by atoms with Gasteiger partial charge in [0.1, 0.15) is 12.0 Å². The van der Waals surface area contributed by atoms with Gasteiger partial charge in [0.15, 0.2) is 0 Å². The second kappa shape index (κ2) is 6.83. The number of hydrogen-bond donors (Lipinski definition) is 1. The average Bonchev–Trinajstić information content (AvgIpc) is 2.55. The Morgan fingerprint density at radius 2 is 2.24 bits per heavy atom. The standard InChI is InChI=1S/C16H20FN3O/c17-7-3-11-21-15-12-18-9-10-20(15)16-14-5-2-1-4-13(14)6-8-19-16/h1-2,4-6,8,15,18H,3,7,9-12H2. The van der Waals surface area contributed by atoms with E-state index in [4.69, 9.17) is 4.74 Å². The van der Waals surface area contributed by atoms with Crippen LogP contribution < -0.4 is 10.2 Å². The normalized spacial score (nSPS) is 19.1. The van der Waals surface area contributed by atoms with Crippen molar-refractivity contribution in [3.63, 3.8) is 0 Å². The largest absolute Gasteiger partial charge is 0.357 e. The van der Waals surface area contributed by atoms with Crippen LogP contribution in [0, 0.1) is 0 Å². The minimum absolute atomic E-state index is 0.0939. The van der Waals surface area contributed by atoms with Gasteiger partial charge >= 0.3 is 0 Å². The Balaban J connectivity index is 1.87. The van der Waals surface area contributed by atoms with Crippen LogP contribution >= 0.6 is 0 Å². The first kappa shape index (κ1) is 14.2. The van der Waals surface area contributed by atoms with Crippen molar-refractivity contribution in [1.82, 2.24) is 10.3 Å². The summed E-state index contributed by atoms with van der Waals surface area (Å²) in [6.07, 6.45) is 2.18. The third kappa shape index (κ3) is 3.14. The van der Waals surface area contributed by atoms with Gasteiger partial charge in [0.05, 0.1) is 13.3 Å². The molecule has 1 aromatic carbocycles. The van der Waals surface area contributed by atoms with Crippen LogP contribution in [0.1, 0.15) is 6.42 Å². The molecule has 21 heavy (non-hydrogen) atoms. The van der Waals surface area contributed by atoms with Crippen molar-refractivity contribution in [2.45, 2.75) is 12.6 Å².